The van der Waals surface area contributed by atoms with Crippen LogP contribution in [0.4, 0.5) is 13.2 Å². The van der Waals surface area contributed by atoms with Crippen LogP contribution in [-0.2, 0) is 10.9 Å². The van der Waals surface area contributed by atoms with Crippen LogP contribution < -0.4 is 0 Å². The van der Waals surface area contributed by atoms with Gasteiger partial charge in [0.05, 0.1) is 17.7 Å². The van der Waals surface area contributed by atoms with E-state index in [4.69, 9.17) is 4.74 Å². The minimum Gasteiger partial charge on any atom is -0.462 e. The SMILES string of the molecule is CCCCCCCCOC(=O)c1ccc(C(F)(F)F)cc1. The zero-order valence-corrected chi connectivity index (χ0v) is 12.2. The van der Waals surface area contributed by atoms with E-state index < -0.39 is 17.7 Å². The van der Waals surface area contributed by atoms with Crippen LogP contribution in [0.1, 0.15) is 61.4 Å². The average molecular weight is 302 g/mol. The van der Waals surface area contributed by atoms with E-state index in [1.165, 1.54) is 19.3 Å². The lowest BCUT2D eigenvalue weighted by Gasteiger charge is -2.08. The van der Waals surface area contributed by atoms with Crippen molar-refractivity contribution in [2.24, 2.45) is 0 Å². The van der Waals surface area contributed by atoms with Crippen molar-refractivity contribution in [3.05, 3.63) is 35.4 Å². The molecule has 0 N–H and O–H groups in total. The van der Waals surface area contributed by atoms with Gasteiger partial charge < -0.3 is 4.74 Å². The zero-order chi connectivity index (χ0) is 15.7. The summed E-state index contributed by atoms with van der Waals surface area (Å²) in [6.45, 7) is 2.46. The van der Waals surface area contributed by atoms with Crippen molar-refractivity contribution in [1.29, 1.82) is 0 Å². The first kappa shape index (κ1) is 17.5. The van der Waals surface area contributed by atoms with Crippen LogP contribution in [0.25, 0.3) is 0 Å². The Bertz CT molecular complexity index is 424. The highest BCUT2D eigenvalue weighted by atomic mass is 19.4. The van der Waals surface area contributed by atoms with Gasteiger partial charge in [0.1, 0.15) is 0 Å². The number of unbranched alkanes of at least 4 members (excludes halogenated alkanes) is 5. The predicted octanol–water partition coefficient (Wildman–Crippen LogP) is 5.22. The molecule has 0 saturated carbocycles. The number of carbonyl (C=O) groups is 1. The Morgan fingerprint density at radius 2 is 1.57 bits per heavy atom. The monoisotopic (exact) mass is 302 g/mol. The number of carbonyl (C=O) groups excluding carboxylic acids is 1. The summed E-state index contributed by atoms with van der Waals surface area (Å²) in [7, 11) is 0. The Kier molecular flexibility index (Phi) is 7.26. The molecule has 0 unspecified atom stereocenters. The summed E-state index contributed by atoms with van der Waals surface area (Å²) in [6.07, 6.45) is 2.10. The van der Waals surface area contributed by atoms with Gasteiger partial charge in [-0.25, -0.2) is 4.79 Å². The normalized spacial score (nSPS) is 11.4. The number of rotatable bonds is 8. The van der Waals surface area contributed by atoms with Crippen LogP contribution in [0, 0.1) is 0 Å². The highest BCUT2D eigenvalue weighted by Crippen LogP contribution is 2.29. The molecule has 0 heterocycles. The van der Waals surface area contributed by atoms with Crippen LogP contribution in [0.5, 0.6) is 0 Å². The minimum absolute atomic E-state index is 0.147. The Labute approximate surface area is 123 Å². The van der Waals surface area contributed by atoms with Crippen LogP contribution in [0.3, 0.4) is 0 Å². The van der Waals surface area contributed by atoms with Gasteiger partial charge in [-0.15, -0.1) is 0 Å². The van der Waals surface area contributed by atoms with Crippen molar-refractivity contribution in [3.63, 3.8) is 0 Å². The van der Waals surface area contributed by atoms with Gasteiger partial charge in [-0.3, -0.25) is 0 Å². The van der Waals surface area contributed by atoms with E-state index >= 15 is 0 Å². The van der Waals surface area contributed by atoms with Gasteiger partial charge in [0, 0.05) is 0 Å². The van der Waals surface area contributed by atoms with Crippen molar-refractivity contribution in [1.82, 2.24) is 0 Å². The maximum Gasteiger partial charge on any atom is 0.416 e. The van der Waals surface area contributed by atoms with Gasteiger partial charge in [0.25, 0.3) is 0 Å². The first-order valence-electron chi connectivity index (χ1n) is 7.29. The van der Waals surface area contributed by atoms with E-state index in [1.807, 2.05) is 0 Å². The second kappa shape index (κ2) is 8.70. The fourth-order valence-corrected chi connectivity index (χ4v) is 1.93. The lowest BCUT2D eigenvalue weighted by atomic mass is 10.1. The lowest BCUT2D eigenvalue weighted by molar-refractivity contribution is -0.137. The molecule has 0 saturated heterocycles. The third-order valence-electron chi connectivity index (χ3n) is 3.18. The summed E-state index contributed by atoms with van der Waals surface area (Å²) in [5.41, 5.74) is -0.621. The number of esters is 1. The maximum absolute atomic E-state index is 12.4. The number of benzene rings is 1. The molecule has 0 radical (unpaired) electrons. The molecule has 0 aliphatic rings. The molecule has 0 aliphatic carbocycles. The Hall–Kier alpha value is -1.52. The van der Waals surface area contributed by atoms with Crippen molar-refractivity contribution >= 4 is 5.97 Å². The van der Waals surface area contributed by atoms with Gasteiger partial charge in [0.2, 0.25) is 0 Å². The van der Waals surface area contributed by atoms with Gasteiger partial charge in [-0.05, 0) is 30.7 Å². The van der Waals surface area contributed by atoms with Crippen molar-refractivity contribution in [2.45, 2.75) is 51.6 Å². The van der Waals surface area contributed by atoms with Gasteiger partial charge in [0.15, 0.2) is 0 Å². The number of alkyl halides is 3. The fourth-order valence-electron chi connectivity index (χ4n) is 1.93. The van der Waals surface area contributed by atoms with E-state index in [-0.39, 0.29) is 5.56 Å². The van der Waals surface area contributed by atoms with E-state index in [9.17, 15) is 18.0 Å². The third kappa shape index (κ3) is 6.65. The molecule has 1 rings (SSSR count). The largest absolute Gasteiger partial charge is 0.462 e. The molecule has 0 fully saturated rings. The number of hydrogen-bond donors (Lipinski definition) is 0. The standard InChI is InChI=1S/C16H21F3O2/c1-2-3-4-5-6-7-12-21-15(20)13-8-10-14(11-9-13)16(17,18)19/h8-11H,2-7,12H2,1H3. The zero-order valence-electron chi connectivity index (χ0n) is 12.2. The number of halogens is 3. The minimum atomic E-state index is -4.39. The quantitative estimate of drug-likeness (QED) is 0.486. The Morgan fingerprint density at radius 3 is 2.14 bits per heavy atom. The Balaban J connectivity index is 2.29. The second-order valence-corrected chi connectivity index (χ2v) is 4.98. The second-order valence-electron chi connectivity index (χ2n) is 4.98. The van der Waals surface area contributed by atoms with E-state index in [1.54, 1.807) is 0 Å². The summed E-state index contributed by atoms with van der Waals surface area (Å²) in [4.78, 5) is 11.6. The molecule has 1 aromatic carbocycles. The molecule has 0 aliphatic heterocycles. The van der Waals surface area contributed by atoms with Crippen LogP contribution in [0.15, 0.2) is 24.3 Å². The molecular weight excluding hydrogens is 281 g/mol. The van der Waals surface area contributed by atoms with Crippen molar-refractivity contribution in [3.8, 4) is 0 Å². The summed E-state index contributed by atoms with van der Waals surface area (Å²) >= 11 is 0. The predicted molar refractivity (Wildman–Crippen MR) is 75.1 cm³/mol. The van der Waals surface area contributed by atoms with Gasteiger partial charge in [-0.2, -0.15) is 13.2 Å². The molecule has 118 valence electrons. The summed E-state index contributed by atoms with van der Waals surface area (Å²) in [5.74, 6) is -0.572. The molecular formula is C16H21F3O2. The summed E-state index contributed by atoms with van der Waals surface area (Å²) < 4.78 is 42.2. The molecule has 0 spiro atoms. The fraction of sp³-hybridized carbons (Fsp3) is 0.562. The first-order chi connectivity index (χ1) is 9.95. The molecule has 1 aromatic rings. The lowest BCUT2D eigenvalue weighted by Crippen LogP contribution is -2.08. The summed E-state index contributed by atoms with van der Waals surface area (Å²) in [5, 5.41) is 0. The number of hydrogen-bond acceptors (Lipinski definition) is 2. The van der Waals surface area contributed by atoms with E-state index in [2.05, 4.69) is 6.92 Å². The Morgan fingerprint density at radius 1 is 1.00 bits per heavy atom. The van der Waals surface area contributed by atoms with Crippen molar-refractivity contribution in [2.75, 3.05) is 6.61 Å². The van der Waals surface area contributed by atoms with E-state index in [0.717, 1.165) is 43.5 Å². The third-order valence-corrected chi connectivity index (χ3v) is 3.18. The molecule has 0 atom stereocenters. The van der Waals surface area contributed by atoms with Gasteiger partial charge >= 0.3 is 12.1 Å². The van der Waals surface area contributed by atoms with Crippen molar-refractivity contribution < 1.29 is 22.7 Å². The first-order valence-corrected chi connectivity index (χ1v) is 7.29. The highest BCUT2D eigenvalue weighted by Gasteiger charge is 2.30. The maximum atomic E-state index is 12.4. The number of ether oxygens (including phenoxy) is 1. The van der Waals surface area contributed by atoms with Crippen LogP contribution >= 0.6 is 0 Å². The molecule has 2 nitrogen and oxygen atoms in total. The smallest absolute Gasteiger partial charge is 0.416 e. The topological polar surface area (TPSA) is 26.3 Å². The average Bonchev–Trinajstić information content (AvgIpc) is 2.45. The molecule has 0 aromatic heterocycles. The molecule has 0 bridgehead atoms. The van der Waals surface area contributed by atoms with Crippen LogP contribution in [0.2, 0.25) is 0 Å². The summed E-state index contributed by atoms with van der Waals surface area (Å²) in [6, 6.07) is 4.07. The van der Waals surface area contributed by atoms with Gasteiger partial charge in [-0.1, -0.05) is 39.0 Å². The molecule has 5 heteroatoms. The molecule has 0 amide bonds. The molecule has 21 heavy (non-hydrogen) atoms. The van der Waals surface area contributed by atoms with Crippen LogP contribution in [-0.4, -0.2) is 12.6 Å². The highest BCUT2D eigenvalue weighted by molar-refractivity contribution is 5.89. The van der Waals surface area contributed by atoms with E-state index in [0.29, 0.717) is 6.61 Å².